The van der Waals surface area contributed by atoms with E-state index in [1.54, 1.807) is 24.3 Å². The van der Waals surface area contributed by atoms with Gasteiger partial charge >= 0.3 is 0 Å². The fourth-order valence-electron chi connectivity index (χ4n) is 1.86. The number of fused-ring (bicyclic) bond motifs is 1. The highest BCUT2D eigenvalue weighted by Crippen LogP contribution is 2.29. The molecule has 6 heteroatoms. The summed E-state index contributed by atoms with van der Waals surface area (Å²) in [4.78, 5) is 8.01. The molecule has 0 aliphatic carbocycles. The molecule has 5 nitrogen and oxygen atoms in total. The van der Waals surface area contributed by atoms with Gasteiger partial charge in [0, 0.05) is 5.56 Å². The summed E-state index contributed by atoms with van der Waals surface area (Å²) in [5.74, 6) is 6.19. The number of hydrogen-bond acceptors (Lipinski definition) is 4. The summed E-state index contributed by atoms with van der Waals surface area (Å²) in [5.41, 5.74) is 2.19. The molecule has 0 atom stereocenters. The highest BCUT2D eigenvalue weighted by Gasteiger charge is 2.12. The summed E-state index contributed by atoms with van der Waals surface area (Å²) >= 11 is 6.00. The normalized spacial score (nSPS) is 10.9. The van der Waals surface area contributed by atoms with E-state index in [0.717, 1.165) is 11.3 Å². The fraction of sp³-hybridized carbons (Fsp3) is 0. The Morgan fingerprint density at radius 3 is 2.56 bits per heavy atom. The first-order chi connectivity index (χ1) is 8.66. The number of nitrogens with two attached hydrogens (primary N) is 1. The molecule has 0 saturated carbocycles. The van der Waals surface area contributed by atoms with E-state index in [2.05, 4.69) is 9.97 Å². The molecule has 0 aliphatic heterocycles. The summed E-state index contributed by atoms with van der Waals surface area (Å²) < 4.78 is 1.45. The van der Waals surface area contributed by atoms with Crippen LogP contribution in [0.4, 0.5) is 0 Å². The van der Waals surface area contributed by atoms with Crippen LogP contribution in [0.5, 0.6) is 5.75 Å². The van der Waals surface area contributed by atoms with E-state index in [9.17, 15) is 5.11 Å². The van der Waals surface area contributed by atoms with Gasteiger partial charge < -0.3 is 10.9 Å². The summed E-state index contributed by atoms with van der Waals surface area (Å²) in [5, 5.41) is 10.3. The number of aromatic nitrogens is 3. The third kappa shape index (κ3) is 1.56. The predicted octanol–water partition coefficient (Wildman–Crippen LogP) is 2.17. The molecule has 0 fully saturated rings. The average Bonchev–Trinajstić information content (AvgIpc) is 2.70. The van der Waals surface area contributed by atoms with Crippen LogP contribution >= 0.6 is 11.6 Å². The first kappa shape index (κ1) is 10.9. The molecule has 3 rings (SSSR count). The molecule has 0 saturated heterocycles. The summed E-state index contributed by atoms with van der Waals surface area (Å²) in [6.07, 6.45) is 1.37. The van der Waals surface area contributed by atoms with Gasteiger partial charge in [-0.2, -0.15) is 0 Å². The van der Waals surface area contributed by atoms with Crippen molar-refractivity contribution in [3.05, 3.63) is 41.8 Å². The van der Waals surface area contributed by atoms with Crippen molar-refractivity contribution in [2.75, 3.05) is 5.84 Å². The third-order valence-electron chi connectivity index (χ3n) is 2.75. The molecule has 3 aromatic rings. The quantitative estimate of drug-likeness (QED) is 0.519. The van der Waals surface area contributed by atoms with Crippen molar-refractivity contribution in [2.45, 2.75) is 0 Å². The van der Waals surface area contributed by atoms with Crippen molar-refractivity contribution in [3.8, 4) is 17.0 Å². The van der Waals surface area contributed by atoms with Crippen molar-refractivity contribution >= 4 is 22.6 Å². The summed E-state index contributed by atoms with van der Waals surface area (Å²) in [6, 6.07) is 8.56. The number of rotatable bonds is 1. The highest BCUT2D eigenvalue weighted by atomic mass is 35.5. The van der Waals surface area contributed by atoms with E-state index < -0.39 is 0 Å². The average molecular weight is 261 g/mol. The molecule has 0 radical (unpaired) electrons. The Bertz CT molecular complexity index is 721. The Hall–Kier alpha value is -2.27. The number of phenols is 1. The van der Waals surface area contributed by atoms with Gasteiger partial charge in [-0.3, -0.25) is 0 Å². The van der Waals surface area contributed by atoms with Gasteiger partial charge in [-0.1, -0.05) is 11.6 Å². The van der Waals surface area contributed by atoms with E-state index in [1.165, 1.54) is 11.0 Å². The van der Waals surface area contributed by atoms with Gasteiger partial charge in [0.2, 0.25) is 0 Å². The molecular weight excluding hydrogens is 252 g/mol. The van der Waals surface area contributed by atoms with Crippen molar-refractivity contribution < 1.29 is 5.11 Å². The van der Waals surface area contributed by atoms with Crippen molar-refractivity contribution in [1.82, 2.24) is 14.6 Å². The molecule has 3 N–H and O–H groups in total. The molecule has 0 bridgehead atoms. The second kappa shape index (κ2) is 3.89. The van der Waals surface area contributed by atoms with Crippen LogP contribution in [0.25, 0.3) is 22.3 Å². The second-order valence-corrected chi connectivity index (χ2v) is 4.21. The predicted molar refractivity (Wildman–Crippen MR) is 69.8 cm³/mol. The number of halogens is 1. The van der Waals surface area contributed by atoms with Gasteiger partial charge in [0.25, 0.3) is 0 Å². The zero-order chi connectivity index (χ0) is 12.7. The Labute approximate surface area is 107 Å². The van der Waals surface area contributed by atoms with Gasteiger partial charge in [0.05, 0.1) is 11.1 Å². The van der Waals surface area contributed by atoms with Crippen LogP contribution in [-0.2, 0) is 0 Å². The lowest BCUT2D eigenvalue weighted by Crippen LogP contribution is -2.10. The SMILES string of the molecule is Nn1c(-c2ccc(O)cc2)cc2c(Cl)ncnc21. The molecule has 2 aromatic heterocycles. The lowest BCUT2D eigenvalue weighted by atomic mass is 10.1. The molecule has 0 spiro atoms. The topological polar surface area (TPSA) is 77.0 Å². The van der Waals surface area contributed by atoms with Crippen molar-refractivity contribution in [1.29, 1.82) is 0 Å². The van der Waals surface area contributed by atoms with Crippen LogP contribution < -0.4 is 5.84 Å². The molecule has 1 aromatic carbocycles. The lowest BCUT2D eigenvalue weighted by Gasteiger charge is -2.03. The lowest BCUT2D eigenvalue weighted by molar-refractivity contribution is 0.475. The minimum Gasteiger partial charge on any atom is -0.508 e. The van der Waals surface area contributed by atoms with E-state index in [-0.39, 0.29) is 5.75 Å². The maximum atomic E-state index is 9.28. The molecule has 0 aliphatic rings. The fourth-order valence-corrected chi connectivity index (χ4v) is 2.04. The van der Waals surface area contributed by atoms with Crippen molar-refractivity contribution in [3.63, 3.8) is 0 Å². The Balaban J connectivity index is 2.27. The Kier molecular flexibility index (Phi) is 2.34. The van der Waals surface area contributed by atoms with Crippen LogP contribution in [-0.4, -0.2) is 19.8 Å². The van der Waals surface area contributed by atoms with E-state index in [1.807, 2.05) is 6.07 Å². The number of phenolic OH excluding ortho intramolecular Hbond substituents is 1. The zero-order valence-corrected chi connectivity index (χ0v) is 9.96. The Morgan fingerprint density at radius 1 is 1.17 bits per heavy atom. The Morgan fingerprint density at radius 2 is 1.89 bits per heavy atom. The monoisotopic (exact) mass is 260 g/mol. The van der Waals surface area contributed by atoms with Crippen LogP contribution in [0.1, 0.15) is 0 Å². The van der Waals surface area contributed by atoms with Gasteiger partial charge in [0.1, 0.15) is 17.2 Å². The van der Waals surface area contributed by atoms with Gasteiger partial charge in [-0.25, -0.2) is 14.6 Å². The molecule has 18 heavy (non-hydrogen) atoms. The second-order valence-electron chi connectivity index (χ2n) is 3.85. The summed E-state index contributed by atoms with van der Waals surface area (Å²) in [6.45, 7) is 0. The first-order valence-electron chi connectivity index (χ1n) is 5.23. The summed E-state index contributed by atoms with van der Waals surface area (Å²) in [7, 11) is 0. The zero-order valence-electron chi connectivity index (χ0n) is 9.21. The smallest absolute Gasteiger partial charge is 0.163 e. The first-order valence-corrected chi connectivity index (χ1v) is 5.61. The number of nitrogen functional groups attached to an aromatic ring is 1. The molecule has 2 heterocycles. The minimum atomic E-state index is 0.205. The maximum Gasteiger partial charge on any atom is 0.163 e. The molecule has 0 unspecified atom stereocenters. The largest absolute Gasteiger partial charge is 0.508 e. The molecule has 0 amide bonds. The van der Waals surface area contributed by atoms with E-state index >= 15 is 0 Å². The van der Waals surface area contributed by atoms with Gasteiger partial charge in [0.15, 0.2) is 5.65 Å². The van der Waals surface area contributed by atoms with E-state index in [4.69, 9.17) is 17.4 Å². The van der Waals surface area contributed by atoms with Crippen LogP contribution in [0, 0.1) is 0 Å². The third-order valence-corrected chi connectivity index (χ3v) is 3.05. The van der Waals surface area contributed by atoms with Crippen LogP contribution in [0.3, 0.4) is 0 Å². The van der Waals surface area contributed by atoms with Crippen LogP contribution in [0.2, 0.25) is 5.15 Å². The number of nitrogens with zero attached hydrogens (tertiary/aromatic N) is 3. The molecule has 90 valence electrons. The number of hydrogen-bond donors (Lipinski definition) is 2. The minimum absolute atomic E-state index is 0.205. The van der Waals surface area contributed by atoms with Gasteiger partial charge in [-0.05, 0) is 30.3 Å². The van der Waals surface area contributed by atoms with E-state index in [0.29, 0.717) is 16.2 Å². The van der Waals surface area contributed by atoms with Gasteiger partial charge in [-0.15, -0.1) is 0 Å². The standard InChI is InChI=1S/C12H9ClN4O/c13-11-9-5-10(7-1-3-8(18)4-2-7)17(14)12(9)16-6-15-11/h1-6,18H,14H2. The number of aromatic hydroxyl groups is 1. The highest BCUT2D eigenvalue weighted by molar-refractivity contribution is 6.34. The molecular formula is C12H9ClN4O. The number of benzene rings is 1. The maximum absolute atomic E-state index is 9.28. The van der Waals surface area contributed by atoms with Crippen molar-refractivity contribution in [2.24, 2.45) is 0 Å². The van der Waals surface area contributed by atoms with Crippen LogP contribution in [0.15, 0.2) is 36.7 Å².